The monoisotopic (exact) mass is 471 g/mol. The number of methoxy groups -OCH3 is 1. The fourth-order valence-electron chi connectivity index (χ4n) is 5.13. The smallest absolute Gasteiger partial charge is 0.416 e. The number of ether oxygens (including phenoxy) is 1. The maximum Gasteiger partial charge on any atom is 0.416 e. The third kappa shape index (κ3) is 4.48. The van der Waals surface area contributed by atoms with Crippen LogP contribution in [0.4, 0.5) is 13.2 Å². The van der Waals surface area contributed by atoms with Crippen LogP contribution in [0.2, 0.25) is 0 Å². The van der Waals surface area contributed by atoms with Crippen molar-refractivity contribution in [1.82, 2.24) is 4.57 Å². The number of hydrogen-bond donors (Lipinski definition) is 0. The van der Waals surface area contributed by atoms with E-state index in [0.29, 0.717) is 35.0 Å². The van der Waals surface area contributed by atoms with Crippen molar-refractivity contribution >= 4 is 22.7 Å². The zero-order chi connectivity index (χ0) is 24.5. The van der Waals surface area contributed by atoms with E-state index < -0.39 is 17.7 Å². The molecule has 1 heterocycles. The standard InChI is InChI=1S/C27H28F3NO3/c1-3-4-5-9-17-14-22-25(23(32)15-17)24-19(26(33)34-2)11-8-13-21(24)31(22)16-18-10-6-7-12-20(18)27(28,29)30/h6-8,10-13,17H,3-5,9,14-16H2,1-2H3. The number of esters is 1. The molecule has 0 saturated carbocycles. The van der Waals surface area contributed by atoms with Crippen molar-refractivity contribution in [2.45, 2.75) is 58.2 Å². The SMILES string of the molecule is CCCCCC1CC(=O)c2c(n(Cc3ccccc3C(F)(F)F)c3cccc(C(=O)OC)c23)C1. The largest absolute Gasteiger partial charge is 0.465 e. The second kappa shape index (κ2) is 9.65. The van der Waals surface area contributed by atoms with Crippen LogP contribution >= 0.6 is 0 Å². The number of nitrogens with zero attached hydrogens (tertiary/aromatic N) is 1. The molecule has 180 valence electrons. The number of carbonyl (C=O) groups is 2. The quantitative estimate of drug-likeness (QED) is 0.281. The van der Waals surface area contributed by atoms with Crippen LogP contribution in [0.5, 0.6) is 0 Å². The lowest BCUT2D eigenvalue weighted by Gasteiger charge is -2.24. The van der Waals surface area contributed by atoms with Crippen molar-refractivity contribution in [2.24, 2.45) is 5.92 Å². The van der Waals surface area contributed by atoms with Gasteiger partial charge in [-0.2, -0.15) is 13.2 Å². The molecule has 1 unspecified atom stereocenters. The van der Waals surface area contributed by atoms with Crippen LogP contribution < -0.4 is 0 Å². The molecule has 0 aliphatic heterocycles. The van der Waals surface area contributed by atoms with Gasteiger partial charge in [0.05, 0.1) is 23.8 Å². The van der Waals surface area contributed by atoms with E-state index in [9.17, 15) is 22.8 Å². The molecule has 0 N–H and O–H groups in total. The Morgan fingerprint density at radius 2 is 1.85 bits per heavy atom. The van der Waals surface area contributed by atoms with E-state index in [4.69, 9.17) is 4.74 Å². The van der Waals surface area contributed by atoms with Gasteiger partial charge >= 0.3 is 12.1 Å². The molecule has 0 amide bonds. The Hall–Kier alpha value is -3.09. The minimum Gasteiger partial charge on any atom is -0.465 e. The summed E-state index contributed by atoms with van der Waals surface area (Å²) in [5.41, 5.74) is 1.42. The third-order valence-corrected chi connectivity index (χ3v) is 6.71. The summed E-state index contributed by atoms with van der Waals surface area (Å²) in [7, 11) is 1.27. The van der Waals surface area contributed by atoms with Crippen molar-refractivity contribution in [2.75, 3.05) is 7.11 Å². The fourth-order valence-corrected chi connectivity index (χ4v) is 5.13. The Labute approximate surface area is 196 Å². The van der Waals surface area contributed by atoms with Crippen LogP contribution in [0.15, 0.2) is 42.5 Å². The lowest BCUT2D eigenvalue weighted by molar-refractivity contribution is -0.138. The van der Waals surface area contributed by atoms with Crippen molar-refractivity contribution in [3.63, 3.8) is 0 Å². The summed E-state index contributed by atoms with van der Waals surface area (Å²) in [6, 6.07) is 10.5. The van der Waals surface area contributed by atoms with E-state index in [2.05, 4.69) is 6.92 Å². The highest BCUT2D eigenvalue weighted by molar-refractivity contribution is 6.16. The molecule has 0 fully saturated rings. The van der Waals surface area contributed by atoms with Gasteiger partial charge < -0.3 is 9.30 Å². The summed E-state index contributed by atoms with van der Waals surface area (Å²) < 4.78 is 47.9. The van der Waals surface area contributed by atoms with E-state index in [0.717, 1.165) is 31.7 Å². The number of hydrogen-bond acceptors (Lipinski definition) is 3. The van der Waals surface area contributed by atoms with Gasteiger partial charge in [0, 0.05) is 29.6 Å². The van der Waals surface area contributed by atoms with Crippen molar-refractivity contribution in [3.8, 4) is 0 Å². The number of fused-ring (bicyclic) bond motifs is 3. The Balaban J connectivity index is 1.90. The number of aromatic nitrogens is 1. The van der Waals surface area contributed by atoms with Gasteiger partial charge in [-0.3, -0.25) is 4.79 Å². The van der Waals surface area contributed by atoms with E-state index in [1.807, 2.05) is 0 Å². The summed E-state index contributed by atoms with van der Waals surface area (Å²) >= 11 is 0. The molecule has 34 heavy (non-hydrogen) atoms. The van der Waals surface area contributed by atoms with Crippen LogP contribution in [0.25, 0.3) is 10.9 Å². The van der Waals surface area contributed by atoms with Gasteiger partial charge in [0.15, 0.2) is 5.78 Å². The van der Waals surface area contributed by atoms with Gasteiger partial charge in [-0.25, -0.2) is 4.79 Å². The van der Waals surface area contributed by atoms with Crippen molar-refractivity contribution in [3.05, 3.63) is 70.4 Å². The van der Waals surface area contributed by atoms with Crippen LogP contribution in [0.1, 0.15) is 76.6 Å². The molecule has 3 aromatic rings. The Kier molecular flexibility index (Phi) is 6.82. The molecule has 1 aliphatic carbocycles. The number of benzene rings is 2. The summed E-state index contributed by atoms with van der Waals surface area (Å²) in [6.07, 6.45) is 0.529. The molecule has 0 radical (unpaired) electrons. The predicted octanol–water partition coefficient (Wildman–Crippen LogP) is 6.82. The molecule has 1 atom stereocenters. The first-order valence-electron chi connectivity index (χ1n) is 11.7. The fraction of sp³-hybridized carbons (Fsp3) is 0.407. The molecule has 7 heteroatoms. The van der Waals surface area contributed by atoms with Gasteiger partial charge in [0.25, 0.3) is 0 Å². The van der Waals surface area contributed by atoms with Gasteiger partial charge in [-0.15, -0.1) is 0 Å². The average molecular weight is 472 g/mol. The van der Waals surface area contributed by atoms with E-state index in [1.54, 1.807) is 28.8 Å². The van der Waals surface area contributed by atoms with E-state index >= 15 is 0 Å². The average Bonchev–Trinajstić information content (AvgIpc) is 3.12. The molecular weight excluding hydrogens is 443 g/mol. The highest BCUT2D eigenvalue weighted by atomic mass is 19.4. The molecule has 1 aromatic heterocycles. The normalized spacial score (nSPS) is 16.0. The number of rotatable bonds is 7. The second-order valence-corrected chi connectivity index (χ2v) is 8.95. The first kappa shape index (κ1) is 24.0. The minimum absolute atomic E-state index is 0.0406. The molecule has 4 rings (SSSR count). The number of halogens is 3. The third-order valence-electron chi connectivity index (χ3n) is 6.71. The van der Waals surface area contributed by atoms with Crippen molar-refractivity contribution in [1.29, 1.82) is 0 Å². The highest BCUT2D eigenvalue weighted by Crippen LogP contribution is 2.39. The molecule has 1 aliphatic rings. The lowest BCUT2D eigenvalue weighted by atomic mass is 9.82. The van der Waals surface area contributed by atoms with Crippen LogP contribution in [0, 0.1) is 5.92 Å². The van der Waals surface area contributed by atoms with Gasteiger partial charge in [0.2, 0.25) is 0 Å². The molecule has 0 bridgehead atoms. The number of Topliss-reactive ketones (excluding diaryl/α,β-unsaturated/α-hetero) is 1. The zero-order valence-electron chi connectivity index (χ0n) is 19.4. The zero-order valence-corrected chi connectivity index (χ0v) is 19.4. The topological polar surface area (TPSA) is 48.3 Å². The van der Waals surface area contributed by atoms with E-state index in [1.165, 1.54) is 19.2 Å². The van der Waals surface area contributed by atoms with Crippen LogP contribution in [-0.4, -0.2) is 23.4 Å². The van der Waals surface area contributed by atoms with Gasteiger partial charge in [-0.1, -0.05) is 50.5 Å². The van der Waals surface area contributed by atoms with Crippen LogP contribution in [0.3, 0.4) is 0 Å². The van der Waals surface area contributed by atoms with E-state index in [-0.39, 0.29) is 29.4 Å². The second-order valence-electron chi connectivity index (χ2n) is 8.95. The summed E-state index contributed by atoms with van der Waals surface area (Å²) in [6.45, 7) is 2.08. The number of alkyl halides is 3. The number of unbranched alkanes of at least 4 members (excludes halogenated alkanes) is 2. The first-order chi connectivity index (χ1) is 16.3. The Morgan fingerprint density at radius 1 is 1.09 bits per heavy atom. The maximum atomic E-state index is 13.7. The maximum absolute atomic E-state index is 13.7. The Bertz CT molecular complexity index is 1230. The number of ketones is 1. The molecular formula is C27H28F3NO3. The predicted molar refractivity (Wildman–Crippen MR) is 124 cm³/mol. The minimum atomic E-state index is -4.49. The molecule has 4 nitrogen and oxygen atoms in total. The summed E-state index contributed by atoms with van der Waals surface area (Å²) in [5, 5.41) is 0.478. The van der Waals surface area contributed by atoms with Gasteiger partial charge in [0.1, 0.15) is 0 Å². The number of carbonyl (C=O) groups excluding carboxylic acids is 2. The molecule has 0 saturated heterocycles. The van der Waals surface area contributed by atoms with Crippen LogP contribution in [-0.2, 0) is 23.9 Å². The summed E-state index contributed by atoms with van der Waals surface area (Å²) in [5.74, 6) is -0.500. The Morgan fingerprint density at radius 3 is 2.56 bits per heavy atom. The highest BCUT2D eigenvalue weighted by Gasteiger charge is 2.35. The summed E-state index contributed by atoms with van der Waals surface area (Å²) in [4.78, 5) is 25.9. The van der Waals surface area contributed by atoms with Crippen molar-refractivity contribution < 1.29 is 27.5 Å². The molecule has 2 aromatic carbocycles. The lowest BCUT2D eigenvalue weighted by Crippen LogP contribution is -2.22. The molecule has 0 spiro atoms. The first-order valence-corrected chi connectivity index (χ1v) is 11.7. The van der Waals surface area contributed by atoms with Gasteiger partial charge in [-0.05, 0) is 42.5 Å².